The van der Waals surface area contributed by atoms with E-state index in [9.17, 15) is 0 Å². The summed E-state index contributed by atoms with van der Waals surface area (Å²) in [4.78, 5) is 2.29. The lowest BCUT2D eigenvalue weighted by molar-refractivity contribution is 0.143. The van der Waals surface area contributed by atoms with Gasteiger partial charge in [0.05, 0.1) is 6.61 Å². The van der Waals surface area contributed by atoms with Crippen molar-refractivity contribution in [3.63, 3.8) is 0 Å². The van der Waals surface area contributed by atoms with Crippen molar-refractivity contribution >= 4 is 11.5 Å². The van der Waals surface area contributed by atoms with Gasteiger partial charge in [-0.05, 0) is 30.9 Å². The Morgan fingerprint density at radius 3 is 3.05 bits per heavy atom. The maximum atomic E-state index is 8.87. The number of para-hydroxylation sites is 1. The second kappa shape index (κ2) is 6.43. The highest BCUT2D eigenvalue weighted by molar-refractivity contribution is 6.02. The number of methoxy groups -OCH3 is 1. The maximum absolute atomic E-state index is 8.87. The van der Waals surface area contributed by atoms with Crippen LogP contribution in [0.1, 0.15) is 18.4 Å². The molecule has 3 N–H and O–H groups in total. The number of amidine groups is 1. The summed E-state index contributed by atoms with van der Waals surface area (Å²) in [6, 6.07) is 7.77. The maximum Gasteiger partial charge on any atom is 0.172 e. The van der Waals surface area contributed by atoms with Crippen LogP contribution in [0.3, 0.4) is 0 Å². The van der Waals surface area contributed by atoms with Crippen LogP contribution in [0.25, 0.3) is 0 Å². The van der Waals surface area contributed by atoms with Gasteiger partial charge in [-0.3, -0.25) is 0 Å². The van der Waals surface area contributed by atoms with Crippen LogP contribution in [0.4, 0.5) is 5.69 Å². The van der Waals surface area contributed by atoms with E-state index in [2.05, 4.69) is 10.1 Å². The summed E-state index contributed by atoms with van der Waals surface area (Å²) < 4.78 is 5.25. The number of ether oxygens (including phenoxy) is 1. The van der Waals surface area contributed by atoms with Crippen molar-refractivity contribution in [1.82, 2.24) is 0 Å². The number of oxime groups is 1. The minimum absolute atomic E-state index is 0.157. The van der Waals surface area contributed by atoms with Gasteiger partial charge >= 0.3 is 0 Å². The summed E-state index contributed by atoms with van der Waals surface area (Å²) in [5, 5.41) is 12.0. The molecule has 1 aromatic rings. The Balaban J connectivity index is 2.21. The van der Waals surface area contributed by atoms with Crippen LogP contribution in [-0.4, -0.2) is 37.8 Å². The molecule has 1 saturated heterocycles. The predicted molar refractivity (Wildman–Crippen MR) is 75.8 cm³/mol. The van der Waals surface area contributed by atoms with E-state index in [1.54, 1.807) is 7.11 Å². The monoisotopic (exact) mass is 263 g/mol. The smallest absolute Gasteiger partial charge is 0.172 e. The molecule has 0 radical (unpaired) electrons. The molecule has 1 unspecified atom stereocenters. The van der Waals surface area contributed by atoms with E-state index in [4.69, 9.17) is 15.7 Å². The van der Waals surface area contributed by atoms with Gasteiger partial charge in [-0.1, -0.05) is 17.3 Å². The molecule has 0 amide bonds. The minimum atomic E-state index is 0.157. The number of anilines is 1. The van der Waals surface area contributed by atoms with Gasteiger partial charge < -0.3 is 20.6 Å². The Kier molecular flexibility index (Phi) is 4.63. The summed E-state index contributed by atoms with van der Waals surface area (Å²) in [6.07, 6.45) is 2.33. The Morgan fingerprint density at radius 2 is 2.32 bits per heavy atom. The van der Waals surface area contributed by atoms with E-state index in [1.807, 2.05) is 24.3 Å². The molecule has 1 aromatic carbocycles. The Hall–Kier alpha value is -1.75. The molecular formula is C14H21N3O2. The topological polar surface area (TPSA) is 71.1 Å². The quantitative estimate of drug-likeness (QED) is 0.375. The van der Waals surface area contributed by atoms with Gasteiger partial charge in [-0.25, -0.2) is 0 Å². The third-order valence-electron chi connectivity index (χ3n) is 3.55. The second-order valence-electron chi connectivity index (χ2n) is 4.91. The highest BCUT2D eigenvalue weighted by Crippen LogP contribution is 2.26. The van der Waals surface area contributed by atoms with Gasteiger partial charge in [-0.15, -0.1) is 0 Å². The van der Waals surface area contributed by atoms with E-state index >= 15 is 0 Å². The van der Waals surface area contributed by atoms with Crippen LogP contribution in [0.5, 0.6) is 0 Å². The van der Waals surface area contributed by atoms with Gasteiger partial charge in [0.2, 0.25) is 0 Å². The summed E-state index contributed by atoms with van der Waals surface area (Å²) >= 11 is 0. The lowest BCUT2D eigenvalue weighted by atomic mass is 9.97. The predicted octanol–water partition coefficient (Wildman–Crippen LogP) is 1.64. The SMILES string of the molecule is COCC1CCCN(c2ccccc2/C(N)=N/O)C1. The molecule has 1 aliphatic heterocycles. The normalized spacial score (nSPS) is 20.6. The summed E-state index contributed by atoms with van der Waals surface area (Å²) in [7, 11) is 1.74. The van der Waals surface area contributed by atoms with Crippen LogP contribution in [-0.2, 0) is 4.74 Å². The molecule has 104 valence electrons. The standard InChI is InChI=1S/C14H21N3O2/c1-19-10-11-5-4-8-17(9-11)13-7-3-2-6-12(13)14(15)16-18/h2-3,6-7,11,18H,4-5,8-10H2,1H3,(H2,15,16). The van der Waals surface area contributed by atoms with E-state index in [-0.39, 0.29) is 5.84 Å². The largest absolute Gasteiger partial charge is 0.409 e. The molecule has 0 saturated carbocycles. The Morgan fingerprint density at radius 1 is 1.53 bits per heavy atom. The Bertz CT molecular complexity index is 446. The van der Waals surface area contributed by atoms with Gasteiger partial charge in [-0.2, -0.15) is 0 Å². The van der Waals surface area contributed by atoms with Crippen LogP contribution in [0.15, 0.2) is 29.4 Å². The third-order valence-corrected chi connectivity index (χ3v) is 3.55. The summed E-state index contributed by atoms with van der Waals surface area (Å²) in [5.74, 6) is 0.698. The average Bonchev–Trinajstić information content (AvgIpc) is 2.47. The number of hydrogen-bond acceptors (Lipinski definition) is 4. The molecule has 5 heteroatoms. The zero-order valence-corrected chi connectivity index (χ0v) is 11.2. The van der Waals surface area contributed by atoms with E-state index in [0.29, 0.717) is 5.92 Å². The van der Waals surface area contributed by atoms with Gasteiger partial charge in [0.25, 0.3) is 0 Å². The van der Waals surface area contributed by atoms with Crippen molar-refractivity contribution in [3.05, 3.63) is 29.8 Å². The van der Waals surface area contributed by atoms with Crippen LogP contribution in [0, 0.1) is 5.92 Å². The zero-order chi connectivity index (χ0) is 13.7. The molecule has 1 atom stereocenters. The van der Waals surface area contributed by atoms with Gasteiger partial charge in [0, 0.05) is 31.5 Å². The first-order valence-electron chi connectivity index (χ1n) is 6.57. The molecule has 5 nitrogen and oxygen atoms in total. The molecular weight excluding hydrogens is 242 g/mol. The fraction of sp³-hybridized carbons (Fsp3) is 0.500. The van der Waals surface area contributed by atoms with Crippen LogP contribution in [0.2, 0.25) is 0 Å². The molecule has 1 heterocycles. The number of hydrogen-bond donors (Lipinski definition) is 2. The van der Waals surface area contributed by atoms with Crippen molar-refractivity contribution in [1.29, 1.82) is 0 Å². The molecule has 19 heavy (non-hydrogen) atoms. The summed E-state index contributed by atoms with van der Waals surface area (Å²) in [6.45, 7) is 2.72. The van der Waals surface area contributed by atoms with Crippen molar-refractivity contribution in [3.8, 4) is 0 Å². The number of rotatable bonds is 4. The molecule has 0 aliphatic carbocycles. The first kappa shape index (κ1) is 13.7. The van der Waals surface area contributed by atoms with Gasteiger partial charge in [0.15, 0.2) is 5.84 Å². The second-order valence-corrected chi connectivity index (χ2v) is 4.91. The van der Waals surface area contributed by atoms with Crippen molar-refractivity contribution in [2.24, 2.45) is 16.8 Å². The zero-order valence-electron chi connectivity index (χ0n) is 11.2. The van der Waals surface area contributed by atoms with Crippen molar-refractivity contribution < 1.29 is 9.94 Å². The third kappa shape index (κ3) is 3.17. The first-order valence-corrected chi connectivity index (χ1v) is 6.57. The molecule has 1 fully saturated rings. The van der Waals surface area contributed by atoms with Gasteiger partial charge in [0.1, 0.15) is 0 Å². The molecule has 2 rings (SSSR count). The molecule has 0 aromatic heterocycles. The van der Waals surface area contributed by atoms with E-state index in [1.165, 1.54) is 6.42 Å². The fourth-order valence-electron chi connectivity index (χ4n) is 2.68. The van der Waals surface area contributed by atoms with E-state index < -0.39 is 0 Å². The lowest BCUT2D eigenvalue weighted by Gasteiger charge is -2.35. The average molecular weight is 263 g/mol. The highest BCUT2D eigenvalue weighted by atomic mass is 16.5. The number of nitrogens with zero attached hydrogens (tertiary/aromatic N) is 2. The van der Waals surface area contributed by atoms with Crippen LogP contribution < -0.4 is 10.6 Å². The lowest BCUT2D eigenvalue weighted by Crippen LogP contribution is -2.38. The molecule has 0 bridgehead atoms. The van der Waals surface area contributed by atoms with Crippen molar-refractivity contribution in [2.75, 3.05) is 31.7 Å². The molecule has 1 aliphatic rings. The number of piperidine rings is 1. The molecule has 0 spiro atoms. The van der Waals surface area contributed by atoms with Crippen LogP contribution >= 0.6 is 0 Å². The summed E-state index contributed by atoms with van der Waals surface area (Å²) in [5.41, 5.74) is 7.55. The first-order chi connectivity index (χ1) is 9.26. The van der Waals surface area contributed by atoms with Crippen molar-refractivity contribution in [2.45, 2.75) is 12.8 Å². The fourth-order valence-corrected chi connectivity index (χ4v) is 2.68. The number of benzene rings is 1. The number of nitrogens with two attached hydrogens (primary N) is 1. The Labute approximate surface area is 113 Å². The van der Waals surface area contributed by atoms with E-state index in [0.717, 1.165) is 37.4 Å². The minimum Gasteiger partial charge on any atom is -0.409 e. The highest BCUT2D eigenvalue weighted by Gasteiger charge is 2.22.